The molecule has 33 heavy (non-hydrogen) atoms. The minimum absolute atomic E-state index is 0.0842. The molecule has 1 atom stereocenters. The van der Waals surface area contributed by atoms with Crippen LogP contribution in [0.3, 0.4) is 0 Å². The van der Waals surface area contributed by atoms with Crippen molar-refractivity contribution in [2.24, 2.45) is 5.92 Å². The monoisotopic (exact) mass is 526 g/mol. The Labute approximate surface area is 197 Å². The van der Waals surface area contributed by atoms with Crippen molar-refractivity contribution in [3.05, 3.63) is 56.4 Å². The summed E-state index contributed by atoms with van der Waals surface area (Å²) in [5.41, 5.74) is 0.631. The third-order valence-corrected chi connectivity index (χ3v) is 6.25. The lowest BCUT2D eigenvalue weighted by molar-refractivity contribution is -0.0379. The van der Waals surface area contributed by atoms with Crippen LogP contribution in [0.15, 0.2) is 33.7 Å². The number of ether oxygens (including phenoxy) is 1. The summed E-state index contributed by atoms with van der Waals surface area (Å²) in [6.45, 7) is 3.96. The molecule has 1 saturated carbocycles. The Morgan fingerprint density at radius 1 is 1.30 bits per heavy atom. The second kappa shape index (κ2) is 10.7. The highest BCUT2D eigenvalue weighted by Crippen LogP contribution is 2.35. The maximum Gasteiger partial charge on any atom is 0.286 e. The Kier molecular flexibility index (Phi) is 7.74. The topological polar surface area (TPSA) is 95.7 Å². The molecule has 2 fully saturated rings. The zero-order valence-corrected chi connectivity index (χ0v) is 19.4. The van der Waals surface area contributed by atoms with E-state index in [0.29, 0.717) is 23.6 Å². The Bertz CT molecular complexity index is 1060. The fraction of sp³-hybridized carbons (Fsp3) is 0.455. The third-order valence-electron chi connectivity index (χ3n) is 5.76. The number of nitrogens with one attached hydrogen (secondary N) is 3. The maximum atomic E-state index is 14.6. The first-order valence-corrected chi connectivity index (χ1v) is 11.6. The zero-order chi connectivity index (χ0) is 23.4. The number of hydrogen-bond acceptors (Lipinski definition) is 6. The molecule has 4 rings (SSSR count). The number of amides is 1. The number of anilines is 2. The summed E-state index contributed by atoms with van der Waals surface area (Å²) in [7, 11) is 0. The summed E-state index contributed by atoms with van der Waals surface area (Å²) in [4.78, 5) is 34.8. The molecule has 2 aliphatic rings. The Morgan fingerprint density at radius 3 is 2.76 bits per heavy atom. The van der Waals surface area contributed by atoms with Crippen molar-refractivity contribution in [2.45, 2.75) is 25.4 Å². The molecule has 0 radical (unpaired) electrons. The third kappa shape index (κ3) is 6.17. The van der Waals surface area contributed by atoms with Gasteiger partial charge in [0.1, 0.15) is 5.82 Å². The molecule has 178 valence electrons. The molecule has 1 aromatic heterocycles. The van der Waals surface area contributed by atoms with E-state index in [1.54, 1.807) is 6.07 Å². The van der Waals surface area contributed by atoms with E-state index >= 15 is 0 Å². The minimum atomic E-state index is -1.23. The number of hydrogen-bond donors (Lipinski definition) is 3. The fourth-order valence-corrected chi connectivity index (χ4v) is 4.04. The van der Waals surface area contributed by atoms with Crippen LogP contribution in [0.4, 0.5) is 20.2 Å². The van der Waals surface area contributed by atoms with Crippen molar-refractivity contribution in [1.82, 2.24) is 15.4 Å². The number of rotatable bonds is 9. The summed E-state index contributed by atoms with van der Waals surface area (Å²) in [6, 6.07) is 4.10. The molecule has 11 heteroatoms. The summed E-state index contributed by atoms with van der Waals surface area (Å²) >= 11 is 3.15. The molecule has 3 N–H and O–H groups in total. The van der Waals surface area contributed by atoms with Gasteiger partial charge < -0.3 is 15.0 Å². The molecular weight excluding hydrogens is 502 g/mol. The maximum absolute atomic E-state index is 14.6. The Morgan fingerprint density at radius 2 is 2.06 bits per heavy atom. The van der Waals surface area contributed by atoms with Gasteiger partial charge in [0.15, 0.2) is 0 Å². The molecule has 1 amide bonds. The van der Waals surface area contributed by atoms with Crippen LogP contribution < -0.4 is 16.4 Å². The van der Waals surface area contributed by atoms with Gasteiger partial charge in [-0.25, -0.2) is 9.87 Å². The number of halogens is 3. The lowest BCUT2D eigenvalue weighted by Crippen LogP contribution is -2.39. The van der Waals surface area contributed by atoms with Crippen LogP contribution in [0.25, 0.3) is 0 Å². The Balaban J connectivity index is 1.44. The number of carbonyl (C=O) groups excluding carboxylic acids is 1. The van der Waals surface area contributed by atoms with Crippen molar-refractivity contribution >= 4 is 33.2 Å². The smallest absolute Gasteiger partial charge is 0.286 e. The van der Waals surface area contributed by atoms with Crippen molar-refractivity contribution in [3.63, 3.8) is 0 Å². The first-order chi connectivity index (χ1) is 15.9. The van der Waals surface area contributed by atoms with E-state index in [0.717, 1.165) is 45.1 Å². The van der Waals surface area contributed by atoms with Gasteiger partial charge >= 0.3 is 0 Å². The molecule has 1 aromatic carbocycles. The minimum Gasteiger partial charge on any atom is -0.379 e. The van der Waals surface area contributed by atoms with Crippen LogP contribution in [0.5, 0.6) is 0 Å². The molecule has 1 saturated heterocycles. The number of H-pyrrole nitrogens is 1. The number of carbonyl (C=O) groups is 1. The average Bonchev–Trinajstić information content (AvgIpc) is 3.64. The molecule has 8 nitrogen and oxygen atoms in total. The number of morpholine rings is 1. The number of nitrogens with zero attached hydrogens (tertiary/aromatic N) is 1. The summed E-state index contributed by atoms with van der Waals surface area (Å²) in [5.74, 6) is -2.30. The molecular formula is C22H25BrF2N4O4. The van der Waals surface area contributed by atoms with Crippen molar-refractivity contribution < 1.29 is 23.1 Å². The lowest BCUT2D eigenvalue weighted by Gasteiger charge is -2.28. The number of pyridine rings is 1. The van der Waals surface area contributed by atoms with Gasteiger partial charge in [0.2, 0.25) is 5.82 Å². The van der Waals surface area contributed by atoms with E-state index in [2.05, 4.69) is 36.6 Å². The van der Waals surface area contributed by atoms with Crippen molar-refractivity contribution in [3.8, 4) is 0 Å². The van der Waals surface area contributed by atoms with E-state index in [4.69, 9.17) is 9.57 Å². The van der Waals surface area contributed by atoms with Crippen LogP contribution in [0.2, 0.25) is 0 Å². The second-order valence-electron chi connectivity index (χ2n) is 8.14. The van der Waals surface area contributed by atoms with Crippen LogP contribution >= 0.6 is 15.9 Å². The van der Waals surface area contributed by atoms with Gasteiger partial charge in [-0.3, -0.25) is 19.3 Å². The van der Waals surface area contributed by atoms with Gasteiger partial charge in [0.05, 0.1) is 36.3 Å². The number of benzene rings is 1. The number of aromatic amines is 1. The van der Waals surface area contributed by atoms with E-state index in [-0.39, 0.29) is 17.4 Å². The van der Waals surface area contributed by atoms with Crippen LogP contribution in [-0.2, 0) is 9.57 Å². The lowest BCUT2D eigenvalue weighted by atomic mass is 10.1. The van der Waals surface area contributed by atoms with Crippen LogP contribution in [0.1, 0.15) is 29.6 Å². The van der Waals surface area contributed by atoms with Gasteiger partial charge in [-0.2, -0.15) is 4.39 Å². The largest absolute Gasteiger partial charge is 0.379 e. The number of hydroxylamine groups is 1. The van der Waals surface area contributed by atoms with Gasteiger partial charge in [-0.15, -0.1) is 0 Å². The Hall–Kier alpha value is -2.34. The second-order valence-corrected chi connectivity index (χ2v) is 9.05. The predicted molar refractivity (Wildman–Crippen MR) is 121 cm³/mol. The first-order valence-electron chi connectivity index (χ1n) is 10.8. The van der Waals surface area contributed by atoms with Gasteiger partial charge in [-0.05, 0) is 43.4 Å². The van der Waals surface area contributed by atoms with Crippen LogP contribution in [-0.4, -0.2) is 54.7 Å². The van der Waals surface area contributed by atoms with Crippen molar-refractivity contribution in [1.29, 1.82) is 0 Å². The van der Waals surface area contributed by atoms with Crippen molar-refractivity contribution in [2.75, 3.05) is 38.2 Å². The quantitative estimate of drug-likeness (QED) is 0.434. The molecule has 2 heterocycles. The summed E-state index contributed by atoms with van der Waals surface area (Å²) in [5, 5.41) is 2.52. The summed E-state index contributed by atoms with van der Waals surface area (Å²) in [6.07, 6.45) is 3.67. The highest BCUT2D eigenvalue weighted by molar-refractivity contribution is 9.10. The molecule has 1 unspecified atom stereocenters. The molecule has 0 spiro atoms. The standard InChI is InChI=1S/C22H25BrF2N4O4/c23-14-3-4-17(16(24)11-14)27-20-15(12-26-22(31)19(20)25)21(30)28-33-18(13-1-2-13)5-6-29-7-9-32-10-8-29/h3-4,11-13,18H,1-2,5-10H2,(H,28,30)(H2,26,27,31). The highest BCUT2D eigenvalue weighted by atomic mass is 79.9. The predicted octanol–water partition coefficient (Wildman–Crippen LogP) is 3.32. The summed E-state index contributed by atoms with van der Waals surface area (Å²) < 4.78 is 34.7. The molecule has 1 aliphatic carbocycles. The fourth-order valence-electron chi connectivity index (χ4n) is 3.71. The first kappa shape index (κ1) is 23.8. The van der Waals surface area contributed by atoms with E-state index in [1.165, 1.54) is 12.1 Å². The number of aromatic nitrogens is 1. The molecule has 1 aliphatic heterocycles. The van der Waals surface area contributed by atoms with E-state index in [9.17, 15) is 18.4 Å². The van der Waals surface area contributed by atoms with Gasteiger partial charge in [0, 0.05) is 30.3 Å². The SMILES string of the molecule is O=C(NOC(CCN1CCOCC1)C1CC1)c1c[nH]c(=O)c(F)c1Nc1ccc(Br)cc1F. The van der Waals surface area contributed by atoms with E-state index < -0.39 is 28.8 Å². The zero-order valence-electron chi connectivity index (χ0n) is 17.8. The van der Waals surface area contributed by atoms with Crippen LogP contribution in [0, 0.1) is 17.6 Å². The van der Waals surface area contributed by atoms with Gasteiger partial charge in [-0.1, -0.05) is 15.9 Å². The highest BCUT2D eigenvalue weighted by Gasteiger charge is 2.33. The normalized spacial score (nSPS) is 17.5. The molecule has 2 aromatic rings. The van der Waals surface area contributed by atoms with E-state index in [1.807, 2.05) is 0 Å². The van der Waals surface area contributed by atoms with Gasteiger partial charge in [0.25, 0.3) is 11.5 Å². The molecule has 0 bridgehead atoms. The average molecular weight is 527 g/mol.